The molecular weight excluding hydrogens is 382 g/mol. The van der Waals surface area contributed by atoms with Gasteiger partial charge >= 0.3 is 0 Å². The molecule has 7 heteroatoms. The fourth-order valence-electron chi connectivity index (χ4n) is 3.64. The minimum atomic E-state index is -0.0760. The zero-order chi connectivity index (χ0) is 21.1. The SMILES string of the molecule is CCOC=O.Cn1cc(-c2c(OCC3CC3)ccc3[nH]ccc23)c2cc[nH]c(=O)c21. The molecule has 0 aliphatic heterocycles. The number of aromatic amines is 2. The van der Waals surface area contributed by atoms with Crippen molar-refractivity contribution in [3.63, 3.8) is 0 Å². The molecule has 4 aromatic rings. The maximum Gasteiger partial charge on any atom is 0.293 e. The van der Waals surface area contributed by atoms with Crippen LogP contribution >= 0.6 is 0 Å². The van der Waals surface area contributed by atoms with Crippen molar-refractivity contribution in [3.05, 3.63) is 53.2 Å². The number of pyridine rings is 1. The van der Waals surface area contributed by atoms with Gasteiger partial charge in [-0.05, 0) is 49.9 Å². The number of benzene rings is 1. The molecule has 0 saturated heterocycles. The number of nitrogens with one attached hydrogen (secondary N) is 2. The first-order chi connectivity index (χ1) is 14.6. The predicted molar refractivity (Wildman–Crippen MR) is 117 cm³/mol. The Bertz CT molecular complexity index is 1230. The molecule has 3 aromatic heterocycles. The first kappa shape index (κ1) is 19.8. The Kier molecular flexibility index (Phi) is 5.61. The van der Waals surface area contributed by atoms with E-state index in [4.69, 9.17) is 4.74 Å². The molecule has 1 aliphatic rings. The molecule has 1 saturated carbocycles. The van der Waals surface area contributed by atoms with Crippen molar-refractivity contribution in [2.45, 2.75) is 19.8 Å². The number of rotatable bonds is 6. The molecule has 7 nitrogen and oxygen atoms in total. The number of ether oxygens (including phenoxy) is 2. The van der Waals surface area contributed by atoms with Crippen molar-refractivity contribution in [2.75, 3.05) is 13.2 Å². The number of hydrogen-bond donors (Lipinski definition) is 2. The van der Waals surface area contributed by atoms with E-state index in [1.807, 2.05) is 36.1 Å². The molecule has 1 aliphatic carbocycles. The van der Waals surface area contributed by atoms with Crippen LogP contribution in [0.3, 0.4) is 0 Å². The number of nitrogens with zero attached hydrogens (tertiary/aromatic N) is 1. The van der Waals surface area contributed by atoms with E-state index in [2.05, 4.69) is 26.8 Å². The number of carbonyl (C=O) groups excluding carboxylic acids is 1. The lowest BCUT2D eigenvalue weighted by atomic mass is 10.0. The quantitative estimate of drug-likeness (QED) is 0.473. The van der Waals surface area contributed by atoms with Crippen molar-refractivity contribution < 1.29 is 14.3 Å². The minimum Gasteiger partial charge on any atom is -0.493 e. The van der Waals surface area contributed by atoms with Crippen molar-refractivity contribution >= 4 is 28.3 Å². The third-order valence-corrected chi connectivity index (χ3v) is 5.27. The van der Waals surface area contributed by atoms with Gasteiger partial charge in [0.25, 0.3) is 12.0 Å². The highest BCUT2D eigenvalue weighted by atomic mass is 16.5. The third kappa shape index (κ3) is 3.83. The average molecular weight is 407 g/mol. The summed E-state index contributed by atoms with van der Waals surface area (Å²) in [5.41, 5.74) is 3.75. The van der Waals surface area contributed by atoms with Gasteiger partial charge in [0.15, 0.2) is 0 Å². The van der Waals surface area contributed by atoms with Crippen molar-refractivity contribution in [2.24, 2.45) is 13.0 Å². The third-order valence-electron chi connectivity index (χ3n) is 5.27. The smallest absolute Gasteiger partial charge is 0.293 e. The van der Waals surface area contributed by atoms with Gasteiger partial charge in [-0.1, -0.05) is 0 Å². The van der Waals surface area contributed by atoms with Crippen LogP contribution in [-0.4, -0.2) is 34.2 Å². The van der Waals surface area contributed by atoms with E-state index >= 15 is 0 Å². The van der Waals surface area contributed by atoms with Crippen molar-refractivity contribution in [1.82, 2.24) is 14.5 Å². The van der Waals surface area contributed by atoms with Crippen LogP contribution in [0.25, 0.3) is 32.9 Å². The topological polar surface area (TPSA) is 89.1 Å². The lowest BCUT2D eigenvalue weighted by molar-refractivity contribution is -0.128. The van der Waals surface area contributed by atoms with E-state index in [0.29, 0.717) is 24.5 Å². The summed E-state index contributed by atoms with van der Waals surface area (Å²) in [5.74, 6) is 1.57. The predicted octanol–water partition coefficient (Wildman–Crippen LogP) is 3.98. The summed E-state index contributed by atoms with van der Waals surface area (Å²) < 4.78 is 12.2. The molecule has 0 amide bonds. The molecule has 0 spiro atoms. The molecular formula is C23H25N3O4. The van der Waals surface area contributed by atoms with Gasteiger partial charge in [0.1, 0.15) is 11.3 Å². The summed E-state index contributed by atoms with van der Waals surface area (Å²) in [5, 5.41) is 2.05. The molecule has 0 radical (unpaired) electrons. The molecule has 0 atom stereocenters. The lowest BCUT2D eigenvalue weighted by Gasteiger charge is -2.12. The zero-order valence-corrected chi connectivity index (χ0v) is 17.1. The van der Waals surface area contributed by atoms with Crippen LogP contribution in [0, 0.1) is 5.92 Å². The van der Waals surface area contributed by atoms with Gasteiger partial charge in [-0.3, -0.25) is 9.59 Å². The first-order valence-electron chi connectivity index (χ1n) is 10.1. The van der Waals surface area contributed by atoms with Gasteiger partial charge in [-0.15, -0.1) is 0 Å². The number of aryl methyl sites for hydroxylation is 1. The molecule has 156 valence electrons. The molecule has 1 fully saturated rings. The Hall–Kier alpha value is -3.48. The van der Waals surface area contributed by atoms with Gasteiger partial charge < -0.3 is 24.0 Å². The number of H-pyrrole nitrogens is 2. The van der Waals surface area contributed by atoms with Gasteiger partial charge in [0.05, 0.1) is 13.2 Å². The Labute approximate surface area is 173 Å². The molecule has 1 aromatic carbocycles. The normalized spacial score (nSPS) is 13.1. The van der Waals surface area contributed by atoms with Crippen LogP contribution in [0.4, 0.5) is 0 Å². The standard InChI is InChI=1S/C20H19N3O2.C3H6O2/c1-23-10-15(13-6-9-22-20(24)19(13)23)18-14-7-8-21-16(14)4-5-17(18)25-11-12-2-3-12;1-2-5-3-4/h4-10,12,21H,2-3,11H2,1H3,(H,22,24);3H,2H2,1H3. The highest BCUT2D eigenvalue weighted by Crippen LogP contribution is 2.41. The molecule has 30 heavy (non-hydrogen) atoms. The van der Waals surface area contributed by atoms with Crippen LogP contribution in [0.2, 0.25) is 0 Å². The minimum absolute atomic E-state index is 0.0760. The lowest BCUT2D eigenvalue weighted by Crippen LogP contribution is -2.07. The monoisotopic (exact) mass is 407 g/mol. The van der Waals surface area contributed by atoms with Gasteiger partial charge in [0.2, 0.25) is 0 Å². The summed E-state index contributed by atoms with van der Waals surface area (Å²) in [7, 11) is 1.91. The largest absolute Gasteiger partial charge is 0.493 e. The van der Waals surface area contributed by atoms with Gasteiger partial charge in [-0.25, -0.2) is 0 Å². The maximum absolute atomic E-state index is 12.3. The van der Waals surface area contributed by atoms with Gasteiger partial charge in [0, 0.05) is 53.1 Å². The zero-order valence-electron chi connectivity index (χ0n) is 17.1. The fourth-order valence-corrected chi connectivity index (χ4v) is 3.64. The Morgan fingerprint density at radius 2 is 1.90 bits per heavy atom. The van der Waals surface area contributed by atoms with Crippen LogP contribution in [0.15, 0.2) is 47.7 Å². The fraction of sp³-hybridized carbons (Fsp3) is 0.304. The highest BCUT2D eigenvalue weighted by molar-refractivity contribution is 6.06. The van der Waals surface area contributed by atoms with E-state index in [1.165, 1.54) is 12.8 Å². The number of carbonyl (C=O) groups is 1. The summed E-state index contributed by atoms with van der Waals surface area (Å²) in [6.45, 7) is 3.42. The summed E-state index contributed by atoms with van der Waals surface area (Å²) in [4.78, 5) is 27.5. The Morgan fingerprint density at radius 3 is 2.60 bits per heavy atom. The van der Waals surface area contributed by atoms with Crippen LogP contribution in [0.1, 0.15) is 19.8 Å². The van der Waals surface area contributed by atoms with E-state index in [9.17, 15) is 9.59 Å². The second-order valence-corrected chi connectivity index (χ2v) is 7.41. The van der Waals surface area contributed by atoms with E-state index in [1.54, 1.807) is 13.1 Å². The Morgan fingerprint density at radius 1 is 1.13 bits per heavy atom. The highest BCUT2D eigenvalue weighted by Gasteiger charge is 2.24. The van der Waals surface area contributed by atoms with E-state index in [-0.39, 0.29) is 5.56 Å². The van der Waals surface area contributed by atoms with E-state index in [0.717, 1.165) is 39.8 Å². The molecule has 0 bridgehead atoms. The Balaban J connectivity index is 0.000000393. The summed E-state index contributed by atoms with van der Waals surface area (Å²) >= 11 is 0. The van der Waals surface area contributed by atoms with Crippen molar-refractivity contribution in [1.29, 1.82) is 0 Å². The summed E-state index contributed by atoms with van der Waals surface area (Å²) in [6.07, 6.45) is 8.18. The second kappa shape index (κ2) is 8.49. The average Bonchev–Trinajstić information content (AvgIpc) is 3.34. The number of hydrogen-bond acceptors (Lipinski definition) is 4. The molecule has 0 unspecified atom stereocenters. The van der Waals surface area contributed by atoms with Gasteiger partial charge in [-0.2, -0.15) is 0 Å². The summed E-state index contributed by atoms with van der Waals surface area (Å²) in [6, 6.07) is 8.12. The molecule has 3 heterocycles. The van der Waals surface area contributed by atoms with Crippen molar-refractivity contribution in [3.8, 4) is 16.9 Å². The van der Waals surface area contributed by atoms with Crippen LogP contribution in [-0.2, 0) is 16.6 Å². The van der Waals surface area contributed by atoms with Crippen LogP contribution in [0.5, 0.6) is 5.75 Å². The van der Waals surface area contributed by atoms with Crippen LogP contribution < -0.4 is 10.3 Å². The second-order valence-electron chi connectivity index (χ2n) is 7.41. The number of fused-ring (bicyclic) bond motifs is 2. The maximum atomic E-state index is 12.3. The first-order valence-corrected chi connectivity index (χ1v) is 10.1. The number of aromatic nitrogens is 3. The molecule has 2 N–H and O–H groups in total. The molecule has 5 rings (SSSR count). The van der Waals surface area contributed by atoms with E-state index < -0.39 is 0 Å².